The van der Waals surface area contributed by atoms with Crippen LogP contribution in [0.3, 0.4) is 0 Å². The van der Waals surface area contributed by atoms with E-state index in [4.69, 9.17) is 14.2 Å². The van der Waals surface area contributed by atoms with Gasteiger partial charge in [0, 0.05) is 18.1 Å². The van der Waals surface area contributed by atoms with Gasteiger partial charge in [-0.05, 0) is 24.6 Å². The van der Waals surface area contributed by atoms with Crippen molar-refractivity contribution >= 4 is 5.78 Å². The second kappa shape index (κ2) is 7.05. The first-order valence-electron chi connectivity index (χ1n) is 7.12. The van der Waals surface area contributed by atoms with E-state index < -0.39 is 0 Å². The average Bonchev–Trinajstić information content (AvgIpc) is 2.57. The zero-order valence-corrected chi connectivity index (χ0v) is 13.7. The van der Waals surface area contributed by atoms with Crippen LogP contribution in [0.2, 0.25) is 0 Å². The summed E-state index contributed by atoms with van der Waals surface area (Å²) in [6.07, 6.45) is 0.152. The van der Waals surface area contributed by atoms with Crippen LogP contribution >= 0.6 is 0 Å². The van der Waals surface area contributed by atoms with E-state index in [0.29, 0.717) is 17.1 Å². The number of aromatic hydroxyl groups is 1. The molecule has 0 aliphatic carbocycles. The average molecular weight is 316 g/mol. The maximum atomic E-state index is 12.6. The third kappa shape index (κ3) is 3.39. The molecule has 0 atom stereocenters. The molecule has 5 nitrogen and oxygen atoms in total. The van der Waals surface area contributed by atoms with E-state index in [9.17, 15) is 9.90 Å². The van der Waals surface area contributed by atoms with Crippen LogP contribution in [-0.2, 0) is 6.42 Å². The highest BCUT2D eigenvalue weighted by molar-refractivity contribution is 6.03. The maximum Gasteiger partial charge on any atom is 0.174 e. The summed E-state index contributed by atoms with van der Waals surface area (Å²) in [5.41, 5.74) is 1.50. The summed E-state index contributed by atoms with van der Waals surface area (Å²) in [5.74, 6) is 1.15. The first kappa shape index (κ1) is 16.7. The largest absolute Gasteiger partial charge is 0.507 e. The molecular weight excluding hydrogens is 296 g/mol. The first-order chi connectivity index (χ1) is 11.0. The van der Waals surface area contributed by atoms with Crippen LogP contribution < -0.4 is 14.2 Å². The summed E-state index contributed by atoms with van der Waals surface area (Å²) in [5, 5.41) is 10.4. The molecule has 0 spiro atoms. The molecule has 0 heterocycles. The third-order valence-corrected chi connectivity index (χ3v) is 3.71. The molecular formula is C18H20O5. The second-order valence-corrected chi connectivity index (χ2v) is 5.08. The number of phenols is 1. The fraction of sp³-hybridized carbons (Fsp3) is 0.278. The Morgan fingerprint density at radius 2 is 1.61 bits per heavy atom. The lowest BCUT2D eigenvalue weighted by Crippen LogP contribution is -2.08. The van der Waals surface area contributed by atoms with Crippen molar-refractivity contribution in [1.29, 1.82) is 0 Å². The van der Waals surface area contributed by atoms with Crippen molar-refractivity contribution in [2.75, 3.05) is 21.3 Å². The Hall–Kier alpha value is -2.69. The molecule has 2 aromatic carbocycles. The SMILES string of the molecule is COc1ccc(CC(=O)c2c(OC)cc(OC)c(C)c2O)cc1. The summed E-state index contributed by atoms with van der Waals surface area (Å²) < 4.78 is 15.5. The van der Waals surface area contributed by atoms with Crippen molar-refractivity contribution in [3.8, 4) is 23.0 Å². The summed E-state index contributed by atoms with van der Waals surface area (Å²) >= 11 is 0. The van der Waals surface area contributed by atoms with Gasteiger partial charge in [-0.1, -0.05) is 12.1 Å². The smallest absolute Gasteiger partial charge is 0.174 e. The van der Waals surface area contributed by atoms with Gasteiger partial charge in [0.25, 0.3) is 0 Å². The molecule has 122 valence electrons. The molecule has 2 rings (SSSR count). The van der Waals surface area contributed by atoms with E-state index in [0.717, 1.165) is 11.3 Å². The van der Waals surface area contributed by atoms with Crippen molar-refractivity contribution in [1.82, 2.24) is 0 Å². The zero-order chi connectivity index (χ0) is 17.0. The van der Waals surface area contributed by atoms with Gasteiger partial charge in [0.15, 0.2) is 5.78 Å². The number of carbonyl (C=O) groups excluding carboxylic acids is 1. The van der Waals surface area contributed by atoms with Gasteiger partial charge in [-0.25, -0.2) is 0 Å². The lowest BCUT2D eigenvalue weighted by Gasteiger charge is -2.15. The molecule has 0 saturated heterocycles. The molecule has 0 amide bonds. The van der Waals surface area contributed by atoms with Crippen LogP contribution in [0.15, 0.2) is 30.3 Å². The van der Waals surface area contributed by atoms with Gasteiger partial charge < -0.3 is 19.3 Å². The number of benzene rings is 2. The van der Waals surface area contributed by atoms with Crippen LogP contribution in [0, 0.1) is 6.92 Å². The highest BCUT2D eigenvalue weighted by Crippen LogP contribution is 2.38. The molecule has 0 aromatic heterocycles. The van der Waals surface area contributed by atoms with Crippen LogP contribution in [0.4, 0.5) is 0 Å². The van der Waals surface area contributed by atoms with Crippen LogP contribution in [0.25, 0.3) is 0 Å². The van der Waals surface area contributed by atoms with Crippen molar-refractivity contribution in [2.45, 2.75) is 13.3 Å². The molecule has 0 aliphatic rings. The predicted molar refractivity (Wildman–Crippen MR) is 87.0 cm³/mol. The van der Waals surface area contributed by atoms with Crippen LogP contribution in [0.1, 0.15) is 21.5 Å². The highest BCUT2D eigenvalue weighted by Gasteiger charge is 2.22. The first-order valence-corrected chi connectivity index (χ1v) is 7.12. The van der Waals surface area contributed by atoms with Gasteiger partial charge in [-0.15, -0.1) is 0 Å². The van der Waals surface area contributed by atoms with Crippen molar-refractivity contribution in [3.63, 3.8) is 0 Å². The molecule has 2 aromatic rings. The monoisotopic (exact) mass is 316 g/mol. The number of carbonyl (C=O) groups is 1. The summed E-state index contributed by atoms with van der Waals surface area (Å²) in [7, 11) is 4.54. The van der Waals surface area contributed by atoms with Crippen molar-refractivity contribution in [3.05, 3.63) is 47.0 Å². The molecule has 23 heavy (non-hydrogen) atoms. The second-order valence-electron chi connectivity index (χ2n) is 5.08. The Kier molecular flexibility index (Phi) is 5.11. The van der Waals surface area contributed by atoms with Gasteiger partial charge in [0.2, 0.25) is 0 Å². The van der Waals surface area contributed by atoms with E-state index in [1.807, 2.05) is 12.1 Å². The molecule has 0 fully saturated rings. The van der Waals surface area contributed by atoms with Gasteiger partial charge in [-0.2, -0.15) is 0 Å². The minimum atomic E-state index is -0.227. The minimum Gasteiger partial charge on any atom is -0.507 e. The zero-order valence-electron chi connectivity index (χ0n) is 13.7. The number of phenolic OH excluding ortho intramolecular Hbond substituents is 1. The molecule has 0 bridgehead atoms. The lowest BCUT2D eigenvalue weighted by atomic mass is 9.98. The lowest BCUT2D eigenvalue weighted by molar-refractivity contribution is 0.0987. The Labute approximate surface area is 135 Å². The predicted octanol–water partition coefficient (Wildman–Crippen LogP) is 3.15. The molecule has 0 radical (unpaired) electrons. The van der Waals surface area contributed by atoms with Crippen molar-refractivity contribution in [2.24, 2.45) is 0 Å². The third-order valence-electron chi connectivity index (χ3n) is 3.71. The normalized spacial score (nSPS) is 10.3. The van der Waals surface area contributed by atoms with Gasteiger partial charge in [0.1, 0.15) is 28.6 Å². The Morgan fingerprint density at radius 1 is 1.00 bits per heavy atom. The Balaban J connectivity index is 2.36. The quantitative estimate of drug-likeness (QED) is 0.829. The number of hydrogen-bond acceptors (Lipinski definition) is 5. The molecule has 0 unspecified atom stereocenters. The summed E-state index contributed by atoms with van der Waals surface area (Å²) in [6.45, 7) is 1.69. The summed E-state index contributed by atoms with van der Waals surface area (Å²) in [6, 6.07) is 8.82. The maximum absolute atomic E-state index is 12.6. The van der Waals surface area contributed by atoms with Gasteiger partial charge in [0.05, 0.1) is 21.3 Å². The van der Waals surface area contributed by atoms with E-state index in [1.165, 1.54) is 14.2 Å². The van der Waals surface area contributed by atoms with Crippen LogP contribution in [-0.4, -0.2) is 32.2 Å². The van der Waals surface area contributed by atoms with E-state index in [1.54, 1.807) is 32.2 Å². The molecule has 1 N–H and O–H groups in total. The topological polar surface area (TPSA) is 65.0 Å². The molecule has 0 saturated carbocycles. The number of methoxy groups -OCH3 is 3. The Morgan fingerprint density at radius 3 is 2.13 bits per heavy atom. The van der Waals surface area contributed by atoms with E-state index in [2.05, 4.69) is 0 Å². The number of ketones is 1. The van der Waals surface area contributed by atoms with Crippen molar-refractivity contribution < 1.29 is 24.1 Å². The minimum absolute atomic E-state index is 0.111. The summed E-state index contributed by atoms with van der Waals surface area (Å²) in [4.78, 5) is 12.6. The van der Waals surface area contributed by atoms with Crippen LogP contribution in [0.5, 0.6) is 23.0 Å². The standard InChI is InChI=1S/C18H20O5/c1-11-15(22-3)10-16(23-4)17(18(11)20)14(19)9-12-5-7-13(21-2)8-6-12/h5-8,10,20H,9H2,1-4H3. The fourth-order valence-corrected chi connectivity index (χ4v) is 2.38. The Bertz CT molecular complexity index is 704. The molecule has 5 heteroatoms. The number of hydrogen-bond donors (Lipinski definition) is 1. The van der Waals surface area contributed by atoms with Gasteiger partial charge >= 0.3 is 0 Å². The van der Waals surface area contributed by atoms with Gasteiger partial charge in [-0.3, -0.25) is 4.79 Å². The fourth-order valence-electron chi connectivity index (χ4n) is 2.38. The highest BCUT2D eigenvalue weighted by atomic mass is 16.5. The molecule has 0 aliphatic heterocycles. The van der Waals surface area contributed by atoms with E-state index in [-0.39, 0.29) is 23.5 Å². The van der Waals surface area contributed by atoms with E-state index >= 15 is 0 Å². The number of Topliss-reactive ketones (excluding diaryl/α,β-unsaturated/α-hetero) is 1. The number of ether oxygens (including phenoxy) is 3. The number of rotatable bonds is 6.